The number of hydrogen-bond acceptors (Lipinski definition) is 4. The molecule has 0 saturated carbocycles. The summed E-state index contributed by atoms with van der Waals surface area (Å²) in [5, 5.41) is 6.66. The highest BCUT2D eigenvalue weighted by Crippen LogP contribution is 2.21. The number of nitrogens with one attached hydrogen (secondary N) is 1. The van der Waals surface area contributed by atoms with E-state index in [1.165, 1.54) is 22.7 Å². The van der Waals surface area contributed by atoms with Gasteiger partial charge in [-0.2, -0.15) is 11.3 Å². The smallest absolute Gasteiger partial charge is 0.251 e. The van der Waals surface area contributed by atoms with Crippen LogP contribution in [0.4, 0.5) is 0 Å². The molecule has 0 atom stereocenters. The van der Waals surface area contributed by atoms with Gasteiger partial charge in [-0.25, -0.2) is 0 Å². The largest absolute Gasteiger partial charge is 0.347 e. The van der Waals surface area contributed by atoms with Gasteiger partial charge < -0.3 is 5.32 Å². The SMILES string of the molecule is Cc1cc(C)cc(C(=O)NCc2ccc(C(=O)c3ccsc3)s2)c1. The van der Waals surface area contributed by atoms with Crippen LogP contribution in [0.2, 0.25) is 0 Å². The normalized spacial score (nSPS) is 10.6. The van der Waals surface area contributed by atoms with Crippen molar-refractivity contribution < 1.29 is 9.59 Å². The second-order valence-corrected chi connectivity index (χ2v) is 7.61. The van der Waals surface area contributed by atoms with Crippen molar-refractivity contribution in [3.8, 4) is 0 Å². The fourth-order valence-corrected chi connectivity index (χ4v) is 4.05. The summed E-state index contributed by atoms with van der Waals surface area (Å²) in [6.07, 6.45) is 0. The van der Waals surface area contributed by atoms with Crippen molar-refractivity contribution in [2.24, 2.45) is 0 Å². The summed E-state index contributed by atoms with van der Waals surface area (Å²) in [5.41, 5.74) is 3.52. The monoisotopic (exact) mass is 355 g/mol. The zero-order valence-corrected chi connectivity index (χ0v) is 15.1. The fraction of sp³-hybridized carbons (Fsp3) is 0.158. The Morgan fingerprint density at radius 3 is 2.42 bits per heavy atom. The summed E-state index contributed by atoms with van der Waals surface area (Å²) in [7, 11) is 0. The second-order valence-electron chi connectivity index (χ2n) is 5.67. The lowest BCUT2D eigenvalue weighted by atomic mass is 10.1. The van der Waals surface area contributed by atoms with Crippen molar-refractivity contribution in [3.63, 3.8) is 0 Å². The van der Waals surface area contributed by atoms with Gasteiger partial charge in [0.25, 0.3) is 5.91 Å². The summed E-state index contributed by atoms with van der Waals surface area (Å²) in [5.74, 6) is -0.0611. The molecule has 3 nitrogen and oxygen atoms in total. The van der Waals surface area contributed by atoms with Crippen molar-refractivity contribution >= 4 is 34.4 Å². The Balaban J connectivity index is 1.65. The van der Waals surface area contributed by atoms with Gasteiger partial charge in [-0.3, -0.25) is 9.59 Å². The maximum absolute atomic E-state index is 12.3. The third-order valence-electron chi connectivity index (χ3n) is 3.58. The van der Waals surface area contributed by atoms with Crippen LogP contribution in [0.15, 0.2) is 47.2 Å². The Kier molecular flexibility index (Phi) is 4.92. The Morgan fingerprint density at radius 2 is 1.75 bits per heavy atom. The Morgan fingerprint density at radius 1 is 1.00 bits per heavy atom. The van der Waals surface area contributed by atoms with Crippen molar-refractivity contribution in [1.82, 2.24) is 5.32 Å². The maximum Gasteiger partial charge on any atom is 0.251 e. The molecular weight excluding hydrogens is 338 g/mol. The second kappa shape index (κ2) is 7.11. The standard InChI is InChI=1S/C19H17NO2S2/c1-12-7-13(2)9-15(8-12)19(22)20-10-16-3-4-17(24-16)18(21)14-5-6-23-11-14/h3-9,11H,10H2,1-2H3,(H,20,22). The van der Waals surface area contributed by atoms with E-state index in [0.717, 1.165) is 16.0 Å². The van der Waals surface area contributed by atoms with Crippen LogP contribution in [0.1, 0.15) is 41.6 Å². The molecule has 0 unspecified atom stereocenters. The first-order valence-corrected chi connectivity index (χ1v) is 9.31. The van der Waals surface area contributed by atoms with Crippen LogP contribution in [0.5, 0.6) is 0 Å². The quantitative estimate of drug-likeness (QED) is 0.681. The van der Waals surface area contributed by atoms with Gasteiger partial charge in [0.05, 0.1) is 11.4 Å². The molecular formula is C19H17NO2S2. The summed E-state index contributed by atoms with van der Waals surface area (Å²) < 4.78 is 0. The number of amides is 1. The van der Waals surface area contributed by atoms with Crippen molar-refractivity contribution in [2.45, 2.75) is 20.4 Å². The number of benzene rings is 1. The van der Waals surface area contributed by atoms with Gasteiger partial charge in [0.15, 0.2) is 0 Å². The maximum atomic E-state index is 12.3. The van der Waals surface area contributed by atoms with E-state index in [1.807, 2.05) is 61.0 Å². The number of carbonyl (C=O) groups excluding carboxylic acids is 2. The number of hydrogen-bond donors (Lipinski definition) is 1. The highest BCUT2D eigenvalue weighted by Gasteiger charge is 2.13. The third kappa shape index (κ3) is 3.80. The minimum absolute atomic E-state index is 0.0353. The molecule has 0 aliphatic rings. The molecule has 1 amide bonds. The van der Waals surface area contributed by atoms with Gasteiger partial charge in [0.2, 0.25) is 5.78 Å². The molecule has 2 heterocycles. The van der Waals surface area contributed by atoms with E-state index >= 15 is 0 Å². The first-order chi connectivity index (χ1) is 11.5. The van der Waals surface area contributed by atoms with E-state index in [-0.39, 0.29) is 11.7 Å². The van der Waals surface area contributed by atoms with E-state index < -0.39 is 0 Å². The van der Waals surface area contributed by atoms with Crippen LogP contribution in [-0.4, -0.2) is 11.7 Å². The van der Waals surface area contributed by atoms with Gasteiger partial charge >= 0.3 is 0 Å². The predicted molar refractivity (Wildman–Crippen MR) is 99.2 cm³/mol. The number of carbonyl (C=O) groups is 2. The van der Waals surface area contributed by atoms with E-state index in [0.29, 0.717) is 22.5 Å². The Bertz CT molecular complexity index is 858. The van der Waals surface area contributed by atoms with Gasteiger partial charge in [-0.05, 0) is 49.6 Å². The molecule has 1 aromatic carbocycles. The average molecular weight is 355 g/mol. The highest BCUT2D eigenvalue weighted by molar-refractivity contribution is 7.14. The molecule has 0 spiro atoms. The van der Waals surface area contributed by atoms with Crippen LogP contribution in [0.3, 0.4) is 0 Å². The lowest BCUT2D eigenvalue weighted by molar-refractivity contribution is 0.0950. The van der Waals surface area contributed by atoms with E-state index in [1.54, 1.807) is 0 Å². The Labute approximate surface area is 149 Å². The molecule has 3 aromatic rings. The van der Waals surface area contributed by atoms with Crippen molar-refractivity contribution in [1.29, 1.82) is 0 Å². The minimum atomic E-state index is -0.0964. The molecule has 5 heteroatoms. The number of ketones is 1. The lowest BCUT2D eigenvalue weighted by Crippen LogP contribution is -2.22. The summed E-state index contributed by atoms with van der Waals surface area (Å²) >= 11 is 2.93. The fourth-order valence-electron chi connectivity index (χ4n) is 2.51. The van der Waals surface area contributed by atoms with E-state index in [2.05, 4.69) is 5.32 Å². The minimum Gasteiger partial charge on any atom is -0.347 e. The van der Waals surface area contributed by atoms with Crippen LogP contribution in [-0.2, 0) is 6.54 Å². The van der Waals surface area contributed by atoms with Crippen LogP contribution < -0.4 is 5.32 Å². The van der Waals surface area contributed by atoms with Crippen molar-refractivity contribution in [2.75, 3.05) is 0 Å². The van der Waals surface area contributed by atoms with Crippen LogP contribution in [0, 0.1) is 13.8 Å². The summed E-state index contributed by atoms with van der Waals surface area (Å²) in [4.78, 5) is 26.2. The molecule has 2 aromatic heterocycles. The molecule has 0 bridgehead atoms. The molecule has 0 aliphatic carbocycles. The number of rotatable bonds is 5. The van der Waals surface area contributed by atoms with Gasteiger partial charge in [0, 0.05) is 21.4 Å². The summed E-state index contributed by atoms with van der Waals surface area (Å²) in [6, 6.07) is 11.3. The van der Waals surface area contributed by atoms with Crippen LogP contribution in [0.25, 0.3) is 0 Å². The number of aryl methyl sites for hydroxylation is 2. The molecule has 0 aliphatic heterocycles. The molecule has 122 valence electrons. The lowest BCUT2D eigenvalue weighted by Gasteiger charge is -2.06. The van der Waals surface area contributed by atoms with Crippen LogP contribution >= 0.6 is 22.7 Å². The molecule has 0 fully saturated rings. The zero-order chi connectivity index (χ0) is 17.1. The van der Waals surface area contributed by atoms with Crippen molar-refractivity contribution in [3.05, 3.63) is 79.2 Å². The average Bonchev–Trinajstić information content (AvgIpc) is 3.22. The zero-order valence-electron chi connectivity index (χ0n) is 13.5. The topological polar surface area (TPSA) is 46.2 Å². The van der Waals surface area contributed by atoms with Gasteiger partial charge in [-0.1, -0.05) is 17.2 Å². The van der Waals surface area contributed by atoms with E-state index in [4.69, 9.17) is 0 Å². The van der Waals surface area contributed by atoms with E-state index in [9.17, 15) is 9.59 Å². The molecule has 0 radical (unpaired) electrons. The molecule has 3 rings (SSSR count). The number of thiophene rings is 2. The third-order valence-corrected chi connectivity index (χ3v) is 5.34. The molecule has 24 heavy (non-hydrogen) atoms. The Hall–Kier alpha value is -2.24. The molecule has 1 N–H and O–H groups in total. The van der Waals surface area contributed by atoms with Gasteiger partial charge in [0.1, 0.15) is 0 Å². The predicted octanol–water partition coefficient (Wildman–Crippen LogP) is 4.59. The molecule has 0 saturated heterocycles. The summed E-state index contributed by atoms with van der Waals surface area (Å²) in [6.45, 7) is 4.38. The first-order valence-electron chi connectivity index (χ1n) is 7.55. The van der Waals surface area contributed by atoms with Gasteiger partial charge in [-0.15, -0.1) is 11.3 Å². The highest BCUT2D eigenvalue weighted by atomic mass is 32.1. The first kappa shape index (κ1) is 16.6.